The minimum Gasteiger partial charge on any atom is -0.497 e. The molecule has 4 aromatic rings. The number of carbonyl (C=O) groups is 2. The summed E-state index contributed by atoms with van der Waals surface area (Å²) in [6.45, 7) is 5.83. The van der Waals surface area contributed by atoms with Crippen molar-refractivity contribution in [1.29, 1.82) is 0 Å². The van der Waals surface area contributed by atoms with Gasteiger partial charge in [-0.3, -0.25) is 4.79 Å². The molecule has 0 bridgehead atoms. The van der Waals surface area contributed by atoms with Crippen molar-refractivity contribution in [1.82, 2.24) is 4.57 Å². The molecule has 1 N–H and O–H groups in total. The Labute approximate surface area is 218 Å². The highest BCUT2D eigenvalue weighted by Gasteiger charge is 2.27. The molecule has 0 fully saturated rings. The molecular formula is C29H28BrNO5. The molecule has 7 heteroatoms. The lowest BCUT2D eigenvalue weighted by molar-refractivity contribution is -0.162. The van der Waals surface area contributed by atoms with Gasteiger partial charge in [-0.15, -0.1) is 0 Å². The molecule has 0 amide bonds. The molecule has 3 aromatic carbocycles. The molecule has 0 saturated heterocycles. The molecule has 0 radical (unpaired) electrons. The number of aromatic nitrogens is 1. The lowest BCUT2D eigenvalue weighted by Gasteiger charge is -2.20. The topological polar surface area (TPSA) is 77.8 Å². The molecule has 0 aliphatic rings. The maximum atomic E-state index is 13.6. The van der Waals surface area contributed by atoms with Gasteiger partial charge in [-0.2, -0.15) is 0 Å². The number of hydrogen-bond donors (Lipinski definition) is 1. The normalized spacial score (nSPS) is 11.6. The van der Waals surface area contributed by atoms with Gasteiger partial charge in [0.25, 0.3) is 0 Å². The fraction of sp³-hybridized carbons (Fsp3) is 0.241. The lowest BCUT2D eigenvalue weighted by atomic mass is 10.0. The number of fused-ring (bicyclic) bond motifs is 1. The van der Waals surface area contributed by atoms with Crippen LogP contribution in [0.25, 0.3) is 10.9 Å². The molecule has 4 rings (SSSR count). The SMILES string of the molecule is COc1ccc(C(=O)c2c(C)n(Cc3ccc(COC(C)(C)C(=O)O)cc3)c3cc(Br)ccc23)cc1. The Hall–Kier alpha value is -3.42. The predicted octanol–water partition coefficient (Wildman–Crippen LogP) is 6.38. The van der Waals surface area contributed by atoms with E-state index in [1.807, 2.05) is 49.4 Å². The first kappa shape index (κ1) is 25.7. The van der Waals surface area contributed by atoms with Gasteiger partial charge < -0.3 is 19.1 Å². The van der Waals surface area contributed by atoms with E-state index >= 15 is 0 Å². The number of nitrogens with zero attached hydrogens (tertiary/aromatic N) is 1. The largest absolute Gasteiger partial charge is 0.497 e. The van der Waals surface area contributed by atoms with Crippen LogP contribution in [0.3, 0.4) is 0 Å². The average molecular weight is 550 g/mol. The Morgan fingerprint density at radius 1 is 0.972 bits per heavy atom. The summed E-state index contributed by atoms with van der Waals surface area (Å²) < 4.78 is 13.9. The Bertz CT molecular complexity index is 1420. The Balaban J connectivity index is 1.65. The van der Waals surface area contributed by atoms with E-state index in [4.69, 9.17) is 9.47 Å². The van der Waals surface area contributed by atoms with Gasteiger partial charge >= 0.3 is 5.97 Å². The maximum Gasteiger partial charge on any atom is 0.335 e. The number of aliphatic carboxylic acids is 1. The molecule has 36 heavy (non-hydrogen) atoms. The van der Waals surface area contributed by atoms with Gasteiger partial charge in [0.1, 0.15) is 5.75 Å². The van der Waals surface area contributed by atoms with Gasteiger partial charge in [0.05, 0.1) is 24.8 Å². The summed E-state index contributed by atoms with van der Waals surface area (Å²) >= 11 is 3.57. The summed E-state index contributed by atoms with van der Waals surface area (Å²) in [5, 5.41) is 10.1. The number of methoxy groups -OCH3 is 1. The monoisotopic (exact) mass is 549 g/mol. The van der Waals surface area contributed by atoms with E-state index in [0.29, 0.717) is 23.4 Å². The van der Waals surface area contributed by atoms with Gasteiger partial charge in [0.2, 0.25) is 0 Å². The minimum absolute atomic E-state index is 0.0326. The lowest BCUT2D eigenvalue weighted by Crippen LogP contribution is -2.34. The Kier molecular flexibility index (Phi) is 7.33. The van der Waals surface area contributed by atoms with Crippen LogP contribution in [0.5, 0.6) is 5.75 Å². The van der Waals surface area contributed by atoms with Crippen molar-refractivity contribution in [2.24, 2.45) is 0 Å². The van der Waals surface area contributed by atoms with Crippen molar-refractivity contribution in [2.75, 3.05) is 7.11 Å². The van der Waals surface area contributed by atoms with Gasteiger partial charge in [0, 0.05) is 27.7 Å². The second-order valence-corrected chi connectivity index (χ2v) is 10.1. The quantitative estimate of drug-likeness (QED) is 0.245. The number of rotatable bonds is 9. The maximum absolute atomic E-state index is 13.6. The fourth-order valence-electron chi connectivity index (χ4n) is 4.08. The summed E-state index contributed by atoms with van der Waals surface area (Å²) in [5.74, 6) is -0.329. The van der Waals surface area contributed by atoms with Crippen LogP contribution < -0.4 is 4.74 Å². The van der Waals surface area contributed by atoms with Crippen LogP contribution in [-0.4, -0.2) is 34.1 Å². The predicted molar refractivity (Wildman–Crippen MR) is 143 cm³/mol. The van der Waals surface area contributed by atoms with Gasteiger partial charge in [0.15, 0.2) is 11.4 Å². The second-order valence-electron chi connectivity index (χ2n) is 9.19. The van der Waals surface area contributed by atoms with E-state index in [2.05, 4.69) is 20.5 Å². The zero-order chi connectivity index (χ0) is 26.0. The highest BCUT2D eigenvalue weighted by atomic mass is 79.9. The van der Waals surface area contributed by atoms with Crippen molar-refractivity contribution in [2.45, 2.75) is 39.5 Å². The summed E-state index contributed by atoms with van der Waals surface area (Å²) in [6, 6.07) is 21.0. The van der Waals surface area contributed by atoms with E-state index in [0.717, 1.165) is 32.2 Å². The average Bonchev–Trinajstić information content (AvgIpc) is 3.13. The summed E-state index contributed by atoms with van der Waals surface area (Å²) in [7, 11) is 1.60. The molecule has 0 aliphatic heterocycles. The zero-order valence-electron chi connectivity index (χ0n) is 20.7. The van der Waals surface area contributed by atoms with Crippen molar-refractivity contribution < 1.29 is 24.2 Å². The molecule has 6 nitrogen and oxygen atoms in total. The number of carbonyl (C=O) groups excluding carboxylic acids is 1. The molecule has 0 atom stereocenters. The van der Waals surface area contributed by atoms with Crippen molar-refractivity contribution in [3.8, 4) is 5.75 Å². The molecule has 0 spiro atoms. The third-order valence-electron chi connectivity index (χ3n) is 6.34. The third-order valence-corrected chi connectivity index (χ3v) is 6.84. The van der Waals surface area contributed by atoms with Gasteiger partial charge in [-0.25, -0.2) is 4.79 Å². The van der Waals surface area contributed by atoms with Crippen LogP contribution in [0.15, 0.2) is 71.2 Å². The number of ether oxygens (including phenoxy) is 2. The highest BCUT2D eigenvalue weighted by molar-refractivity contribution is 9.10. The van der Waals surface area contributed by atoms with Crippen molar-refractivity contribution in [3.63, 3.8) is 0 Å². The van der Waals surface area contributed by atoms with E-state index in [1.165, 1.54) is 13.8 Å². The number of ketones is 1. The second kappa shape index (κ2) is 10.3. The fourth-order valence-corrected chi connectivity index (χ4v) is 4.43. The number of hydrogen-bond acceptors (Lipinski definition) is 4. The summed E-state index contributed by atoms with van der Waals surface area (Å²) in [6.07, 6.45) is 0. The summed E-state index contributed by atoms with van der Waals surface area (Å²) in [4.78, 5) is 24.8. The standard InChI is InChI=1S/C29H28BrNO5/c1-18-26(27(32)21-9-12-23(35-4)13-10-21)24-14-11-22(30)15-25(24)31(18)16-19-5-7-20(8-6-19)17-36-29(2,3)28(33)34/h5-15H,16-17H2,1-4H3,(H,33,34). The van der Waals surface area contributed by atoms with Crippen molar-refractivity contribution >= 4 is 38.6 Å². The molecule has 1 aromatic heterocycles. The van der Waals surface area contributed by atoms with Crippen LogP contribution >= 0.6 is 15.9 Å². The molecule has 0 saturated carbocycles. The molecule has 1 heterocycles. The number of halogens is 1. The van der Waals surface area contributed by atoms with Gasteiger partial charge in [-0.1, -0.05) is 46.3 Å². The first-order chi connectivity index (χ1) is 17.1. The molecule has 0 aliphatic carbocycles. The third kappa shape index (κ3) is 5.22. The highest BCUT2D eigenvalue weighted by Crippen LogP contribution is 2.31. The van der Waals surface area contributed by atoms with Gasteiger partial charge in [-0.05, 0) is 68.3 Å². The number of benzene rings is 3. The van der Waals surface area contributed by atoms with E-state index < -0.39 is 11.6 Å². The molecular weight excluding hydrogens is 522 g/mol. The first-order valence-electron chi connectivity index (χ1n) is 11.5. The smallest absolute Gasteiger partial charge is 0.335 e. The van der Waals surface area contributed by atoms with Crippen LogP contribution in [0.4, 0.5) is 0 Å². The van der Waals surface area contributed by atoms with Crippen LogP contribution in [0.1, 0.15) is 46.6 Å². The van der Waals surface area contributed by atoms with Crippen LogP contribution in [0.2, 0.25) is 0 Å². The number of carboxylic acid groups (broad SMARTS) is 1. The summed E-state index contributed by atoms with van der Waals surface area (Å²) in [5.41, 5.74) is 3.84. The molecule has 0 unspecified atom stereocenters. The number of carboxylic acids is 1. The zero-order valence-corrected chi connectivity index (χ0v) is 22.3. The molecule has 186 valence electrons. The Morgan fingerprint density at radius 2 is 1.61 bits per heavy atom. The van der Waals surface area contributed by atoms with Crippen LogP contribution in [0, 0.1) is 6.92 Å². The van der Waals surface area contributed by atoms with E-state index in [-0.39, 0.29) is 12.4 Å². The van der Waals surface area contributed by atoms with Crippen LogP contribution in [-0.2, 0) is 22.7 Å². The Morgan fingerprint density at radius 3 is 2.22 bits per heavy atom. The first-order valence-corrected chi connectivity index (χ1v) is 12.3. The van der Waals surface area contributed by atoms with Crippen molar-refractivity contribution in [3.05, 3.63) is 99.2 Å². The van der Waals surface area contributed by atoms with E-state index in [9.17, 15) is 14.7 Å². The minimum atomic E-state index is -1.25. The van der Waals surface area contributed by atoms with E-state index in [1.54, 1.807) is 31.4 Å².